The molecule has 0 aromatic carbocycles. The van der Waals surface area contributed by atoms with Crippen molar-refractivity contribution in [3.05, 3.63) is 28.8 Å². The summed E-state index contributed by atoms with van der Waals surface area (Å²) in [7, 11) is 0. The van der Waals surface area contributed by atoms with Gasteiger partial charge in [0.2, 0.25) is 0 Å². The van der Waals surface area contributed by atoms with Crippen LogP contribution in [0.25, 0.3) is 0 Å². The number of nitrogen functional groups attached to an aromatic ring is 1. The van der Waals surface area contributed by atoms with Gasteiger partial charge in [-0.15, -0.1) is 0 Å². The average Bonchev–Trinajstić information content (AvgIpc) is 2.50. The molecule has 0 aliphatic heterocycles. The molecule has 0 amide bonds. The smallest absolute Gasteiger partial charge is 0.195 e. The SMILES string of the molecule is Cc1occc1Sc1nc(N)cc(Br)n1. The molecule has 2 aromatic rings. The van der Waals surface area contributed by atoms with E-state index in [1.165, 1.54) is 11.8 Å². The Hall–Kier alpha value is -1.01. The zero-order chi connectivity index (χ0) is 10.8. The van der Waals surface area contributed by atoms with Crippen molar-refractivity contribution in [3.8, 4) is 0 Å². The first kappa shape index (κ1) is 10.5. The number of aromatic nitrogens is 2. The fourth-order valence-corrected chi connectivity index (χ4v) is 2.36. The topological polar surface area (TPSA) is 64.9 Å². The molecule has 0 fully saturated rings. The quantitative estimate of drug-likeness (QED) is 0.679. The van der Waals surface area contributed by atoms with Gasteiger partial charge < -0.3 is 10.2 Å². The first-order valence-electron chi connectivity index (χ1n) is 4.17. The Morgan fingerprint density at radius 2 is 2.27 bits per heavy atom. The molecule has 0 atom stereocenters. The number of hydrogen-bond donors (Lipinski definition) is 1. The summed E-state index contributed by atoms with van der Waals surface area (Å²) < 4.78 is 5.86. The van der Waals surface area contributed by atoms with Gasteiger partial charge in [-0.25, -0.2) is 9.97 Å². The summed E-state index contributed by atoms with van der Waals surface area (Å²) in [5.41, 5.74) is 5.61. The van der Waals surface area contributed by atoms with Crippen LogP contribution in [0.15, 0.2) is 37.5 Å². The monoisotopic (exact) mass is 285 g/mol. The van der Waals surface area contributed by atoms with E-state index in [-0.39, 0.29) is 0 Å². The van der Waals surface area contributed by atoms with Crippen LogP contribution in [0.5, 0.6) is 0 Å². The van der Waals surface area contributed by atoms with Gasteiger partial charge in [-0.1, -0.05) is 0 Å². The summed E-state index contributed by atoms with van der Waals surface area (Å²) in [6.07, 6.45) is 1.64. The third-order valence-electron chi connectivity index (χ3n) is 1.71. The first-order chi connectivity index (χ1) is 7.15. The number of nitrogens with zero attached hydrogens (tertiary/aromatic N) is 2. The summed E-state index contributed by atoms with van der Waals surface area (Å²) in [4.78, 5) is 9.30. The highest BCUT2D eigenvalue weighted by Gasteiger charge is 2.07. The molecular formula is C9H8BrN3OS. The van der Waals surface area contributed by atoms with Gasteiger partial charge in [-0.3, -0.25) is 0 Å². The van der Waals surface area contributed by atoms with Gasteiger partial charge in [0.15, 0.2) is 5.16 Å². The molecule has 0 unspecified atom stereocenters. The van der Waals surface area contributed by atoms with Crippen LogP contribution < -0.4 is 5.73 Å². The fraction of sp³-hybridized carbons (Fsp3) is 0.111. The van der Waals surface area contributed by atoms with Crippen LogP contribution in [-0.2, 0) is 0 Å². The van der Waals surface area contributed by atoms with Gasteiger partial charge in [0.1, 0.15) is 16.2 Å². The minimum Gasteiger partial charge on any atom is -0.468 e. The largest absolute Gasteiger partial charge is 0.468 e. The van der Waals surface area contributed by atoms with E-state index in [0.29, 0.717) is 15.6 Å². The number of anilines is 1. The van der Waals surface area contributed by atoms with Crippen LogP contribution in [-0.4, -0.2) is 9.97 Å². The molecule has 4 nitrogen and oxygen atoms in total. The van der Waals surface area contributed by atoms with Crippen LogP contribution in [0.1, 0.15) is 5.76 Å². The summed E-state index contributed by atoms with van der Waals surface area (Å²) in [6, 6.07) is 3.53. The van der Waals surface area contributed by atoms with Gasteiger partial charge in [0, 0.05) is 6.07 Å². The highest BCUT2D eigenvalue weighted by molar-refractivity contribution is 9.10. The maximum atomic E-state index is 5.61. The van der Waals surface area contributed by atoms with Crippen molar-refractivity contribution in [1.82, 2.24) is 9.97 Å². The minimum atomic E-state index is 0.445. The van der Waals surface area contributed by atoms with E-state index in [2.05, 4.69) is 25.9 Å². The van der Waals surface area contributed by atoms with Crippen molar-refractivity contribution in [2.45, 2.75) is 17.0 Å². The van der Waals surface area contributed by atoms with E-state index >= 15 is 0 Å². The van der Waals surface area contributed by atoms with Gasteiger partial charge >= 0.3 is 0 Å². The van der Waals surface area contributed by atoms with Crippen molar-refractivity contribution in [2.75, 3.05) is 5.73 Å². The first-order valence-corrected chi connectivity index (χ1v) is 5.78. The normalized spacial score (nSPS) is 10.5. The van der Waals surface area contributed by atoms with E-state index in [0.717, 1.165) is 10.7 Å². The maximum Gasteiger partial charge on any atom is 0.195 e. The Bertz CT molecular complexity index is 466. The summed E-state index contributed by atoms with van der Waals surface area (Å²) in [5.74, 6) is 1.29. The Morgan fingerprint density at radius 3 is 2.87 bits per heavy atom. The van der Waals surface area contributed by atoms with Crippen molar-refractivity contribution in [2.24, 2.45) is 0 Å². The maximum absolute atomic E-state index is 5.61. The number of furan rings is 1. The molecule has 0 bridgehead atoms. The zero-order valence-corrected chi connectivity index (χ0v) is 10.3. The molecule has 2 N–H and O–H groups in total. The average molecular weight is 286 g/mol. The van der Waals surface area contributed by atoms with E-state index in [1.54, 1.807) is 12.3 Å². The highest BCUT2D eigenvalue weighted by atomic mass is 79.9. The second kappa shape index (κ2) is 4.24. The predicted molar refractivity (Wildman–Crippen MR) is 61.7 cm³/mol. The Kier molecular flexibility index (Phi) is 2.97. The van der Waals surface area contributed by atoms with Gasteiger partial charge in [-0.2, -0.15) is 0 Å². The molecule has 2 rings (SSSR count). The summed E-state index contributed by atoms with van der Waals surface area (Å²) in [6.45, 7) is 1.89. The second-order valence-electron chi connectivity index (χ2n) is 2.84. The Labute approximate surface area is 99.4 Å². The van der Waals surface area contributed by atoms with E-state index in [9.17, 15) is 0 Å². The molecule has 78 valence electrons. The fourth-order valence-electron chi connectivity index (χ4n) is 1.04. The third-order valence-corrected chi connectivity index (χ3v) is 3.12. The van der Waals surface area contributed by atoms with Crippen LogP contribution >= 0.6 is 27.7 Å². The van der Waals surface area contributed by atoms with Crippen molar-refractivity contribution in [3.63, 3.8) is 0 Å². The Balaban J connectivity index is 2.28. The van der Waals surface area contributed by atoms with Crippen LogP contribution in [0.4, 0.5) is 5.82 Å². The standard InChI is InChI=1S/C9H8BrN3OS/c1-5-6(2-3-14-5)15-9-12-7(10)4-8(11)13-9/h2-4H,1H3,(H2,11,12,13). The number of hydrogen-bond acceptors (Lipinski definition) is 5. The molecule has 0 aliphatic rings. The van der Waals surface area contributed by atoms with Crippen LogP contribution in [0.2, 0.25) is 0 Å². The lowest BCUT2D eigenvalue weighted by molar-refractivity contribution is 0.527. The van der Waals surface area contributed by atoms with Crippen molar-refractivity contribution < 1.29 is 4.42 Å². The molecular weight excluding hydrogens is 278 g/mol. The van der Waals surface area contributed by atoms with E-state index in [1.807, 2.05) is 13.0 Å². The third kappa shape index (κ3) is 2.51. The molecule has 2 heterocycles. The van der Waals surface area contributed by atoms with E-state index in [4.69, 9.17) is 10.2 Å². The lowest BCUT2D eigenvalue weighted by Crippen LogP contribution is -1.94. The van der Waals surface area contributed by atoms with Crippen molar-refractivity contribution >= 4 is 33.5 Å². The van der Waals surface area contributed by atoms with Crippen molar-refractivity contribution in [1.29, 1.82) is 0 Å². The molecule has 2 aromatic heterocycles. The number of nitrogens with two attached hydrogens (primary N) is 1. The number of halogens is 1. The Morgan fingerprint density at radius 1 is 1.47 bits per heavy atom. The second-order valence-corrected chi connectivity index (χ2v) is 4.66. The molecule has 6 heteroatoms. The highest BCUT2D eigenvalue weighted by Crippen LogP contribution is 2.29. The number of aryl methyl sites for hydroxylation is 1. The molecule has 0 saturated carbocycles. The molecule has 0 aliphatic carbocycles. The van der Waals surface area contributed by atoms with Gasteiger partial charge in [0.25, 0.3) is 0 Å². The lowest BCUT2D eigenvalue weighted by Gasteiger charge is -2.00. The zero-order valence-electron chi connectivity index (χ0n) is 7.90. The van der Waals surface area contributed by atoms with E-state index < -0.39 is 0 Å². The summed E-state index contributed by atoms with van der Waals surface area (Å²) in [5, 5.41) is 0.603. The molecule has 15 heavy (non-hydrogen) atoms. The van der Waals surface area contributed by atoms with Gasteiger partial charge in [-0.05, 0) is 40.7 Å². The molecule has 0 saturated heterocycles. The lowest BCUT2D eigenvalue weighted by atomic mass is 10.5. The molecule has 0 spiro atoms. The van der Waals surface area contributed by atoms with Crippen LogP contribution in [0, 0.1) is 6.92 Å². The predicted octanol–water partition coefficient (Wildman–Crippen LogP) is 2.87. The summed E-state index contributed by atoms with van der Waals surface area (Å²) >= 11 is 4.69. The minimum absolute atomic E-state index is 0.445. The molecule has 0 radical (unpaired) electrons. The van der Waals surface area contributed by atoms with Gasteiger partial charge in [0.05, 0.1) is 11.2 Å². The van der Waals surface area contributed by atoms with Crippen LogP contribution in [0.3, 0.4) is 0 Å². The number of rotatable bonds is 2.